The van der Waals surface area contributed by atoms with E-state index >= 15 is 0 Å². The molecule has 0 fully saturated rings. The van der Waals surface area contributed by atoms with Gasteiger partial charge >= 0.3 is 0 Å². The Bertz CT molecular complexity index is 946. The summed E-state index contributed by atoms with van der Waals surface area (Å²) in [6, 6.07) is 6.87. The van der Waals surface area contributed by atoms with Crippen molar-refractivity contribution in [2.45, 2.75) is 38.8 Å². The van der Waals surface area contributed by atoms with Gasteiger partial charge in [0.05, 0.1) is 46.9 Å². The Balaban J connectivity index is 1.59. The SMILES string of the molecule is CC(C)N(OCCC[NH+](C)C)C(=O)[C@@H]1C=C2c3cccc4[nH]cc(c34)C[C@H]2[NH+](C)C1. The number of nitrogens with one attached hydrogen (secondary N) is 3. The van der Waals surface area contributed by atoms with E-state index < -0.39 is 0 Å². The maximum atomic E-state index is 13.5. The highest BCUT2D eigenvalue weighted by Crippen LogP contribution is 2.37. The third kappa shape index (κ3) is 3.92. The molecule has 1 aromatic carbocycles. The maximum absolute atomic E-state index is 13.5. The topological polar surface area (TPSA) is 54.2 Å². The first-order valence-electron chi connectivity index (χ1n) is 11.2. The van der Waals surface area contributed by atoms with Crippen molar-refractivity contribution in [3.8, 4) is 0 Å². The van der Waals surface area contributed by atoms with Crippen LogP contribution in [0.3, 0.4) is 0 Å². The number of carbonyl (C=O) groups is 1. The van der Waals surface area contributed by atoms with E-state index in [9.17, 15) is 4.79 Å². The molecular formula is C24H36N4O2+2. The van der Waals surface area contributed by atoms with Crippen molar-refractivity contribution in [2.75, 3.05) is 40.8 Å². The number of hydroxylamine groups is 2. The molecule has 1 aliphatic carbocycles. The average Bonchev–Trinajstić information content (AvgIpc) is 3.12. The van der Waals surface area contributed by atoms with Crippen LogP contribution >= 0.6 is 0 Å². The minimum absolute atomic E-state index is 0.0201. The zero-order chi connectivity index (χ0) is 21.4. The molecule has 6 nitrogen and oxygen atoms in total. The summed E-state index contributed by atoms with van der Waals surface area (Å²) in [5.74, 6) is -0.0755. The largest absolute Gasteiger partial charge is 0.361 e. The number of amides is 1. The number of quaternary nitrogens is 2. The van der Waals surface area contributed by atoms with Crippen LogP contribution in [0.1, 0.15) is 31.4 Å². The number of likely N-dealkylation sites (N-methyl/N-ethyl adjacent to an activating group) is 1. The summed E-state index contributed by atoms with van der Waals surface area (Å²) in [6.07, 6.45) is 6.34. The molecule has 2 aliphatic rings. The van der Waals surface area contributed by atoms with Crippen molar-refractivity contribution >= 4 is 22.4 Å². The highest BCUT2D eigenvalue weighted by Gasteiger charge is 2.40. The smallest absolute Gasteiger partial charge is 0.259 e. The molecule has 0 saturated carbocycles. The summed E-state index contributed by atoms with van der Waals surface area (Å²) >= 11 is 0. The summed E-state index contributed by atoms with van der Waals surface area (Å²) in [7, 11) is 6.49. The van der Waals surface area contributed by atoms with Crippen molar-refractivity contribution in [2.24, 2.45) is 5.92 Å². The van der Waals surface area contributed by atoms with Crippen LogP contribution in [0.15, 0.2) is 30.5 Å². The number of H-pyrrole nitrogens is 1. The summed E-state index contributed by atoms with van der Waals surface area (Å²) in [5.41, 5.74) is 5.17. The monoisotopic (exact) mass is 412 g/mol. The lowest BCUT2D eigenvalue weighted by atomic mass is 9.79. The van der Waals surface area contributed by atoms with Gasteiger partial charge < -0.3 is 14.8 Å². The molecule has 2 heterocycles. The Morgan fingerprint density at radius 2 is 2.17 bits per heavy atom. The summed E-state index contributed by atoms with van der Waals surface area (Å²) in [6.45, 7) is 6.47. The van der Waals surface area contributed by atoms with E-state index in [2.05, 4.69) is 56.6 Å². The molecule has 162 valence electrons. The van der Waals surface area contributed by atoms with E-state index in [1.807, 2.05) is 13.8 Å². The molecule has 4 rings (SSSR count). The third-order valence-corrected chi connectivity index (χ3v) is 6.47. The molecule has 1 aromatic heterocycles. The van der Waals surface area contributed by atoms with E-state index in [4.69, 9.17) is 4.84 Å². The van der Waals surface area contributed by atoms with Gasteiger partial charge in [-0.25, -0.2) is 5.06 Å². The van der Waals surface area contributed by atoms with Gasteiger partial charge in [0.25, 0.3) is 5.91 Å². The number of aromatic nitrogens is 1. The number of hydrogen-bond donors (Lipinski definition) is 3. The van der Waals surface area contributed by atoms with Gasteiger partial charge in [0, 0.05) is 35.5 Å². The molecule has 0 bridgehead atoms. The van der Waals surface area contributed by atoms with Gasteiger partial charge in [-0.1, -0.05) is 18.2 Å². The first-order valence-corrected chi connectivity index (χ1v) is 11.2. The molecule has 0 spiro atoms. The Hall–Kier alpha value is -2.15. The highest BCUT2D eigenvalue weighted by molar-refractivity contribution is 5.98. The summed E-state index contributed by atoms with van der Waals surface area (Å²) in [5, 5.41) is 2.94. The van der Waals surface area contributed by atoms with Gasteiger partial charge in [-0.15, -0.1) is 0 Å². The first-order chi connectivity index (χ1) is 14.4. The van der Waals surface area contributed by atoms with Crippen molar-refractivity contribution < 1.29 is 19.4 Å². The van der Waals surface area contributed by atoms with Gasteiger partial charge in [-0.05, 0) is 31.0 Å². The Labute approximate surface area is 179 Å². The van der Waals surface area contributed by atoms with Crippen LogP contribution in [0.4, 0.5) is 0 Å². The lowest BCUT2D eigenvalue weighted by Gasteiger charge is -2.38. The predicted molar refractivity (Wildman–Crippen MR) is 119 cm³/mol. The van der Waals surface area contributed by atoms with Crippen LogP contribution in [-0.2, 0) is 16.1 Å². The second-order valence-corrected chi connectivity index (χ2v) is 9.48. The number of nitrogens with zero attached hydrogens (tertiary/aromatic N) is 1. The second-order valence-electron chi connectivity index (χ2n) is 9.48. The molecule has 1 unspecified atom stereocenters. The molecule has 0 radical (unpaired) electrons. The number of carbonyl (C=O) groups excluding carboxylic acids is 1. The third-order valence-electron chi connectivity index (χ3n) is 6.47. The van der Waals surface area contributed by atoms with Crippen LogP contribution in [0.5, 0.6) is 0 Å². The number of hydrogen-bond acceptors (Lipinski definition) is 2. The predicted octanol–water partition coefficient (Wildman–Crippen LogP) is 0.324. The summed E-state index contributed by atoms with van der Waals surface area (Å²) < 4.78 is 0. The first kappa shape index (κ1) is 21.1. The van der Waals surface area contributed by atoms with Crippen LogP contribution in [-0.4, -0.2) is 68.9 Å². The van der Waals surface area contributed by atoms with E-state index in [-0.39, 0.29) is 17.9 Å². The number of benzene rings is 1. The Morgan fingerprint density at radius 1 is 1.37 bits per heavy atom. The van der Waals surface area contributed by atoms with E-state index in [1.165, 1.54) is 37.4 Å². The van der Waals surface area contributed by atoms with Gasteiger partial charge in [0.2, 0.25) is 0 Å². The fourth-order valence-electron chi connectivity index (χ4n) is 4.96. The molecule has 6 heteroatoms. The number of aromatic amines is 1. The average molecular weight is 413 g/mol. The summed E-state index contributed by atoms with van der Waals surface area (Å²) in [4.78, 5) is 25.6. The lowest BCUT2D eigenvalue weighted by Crippen LogP contribution is -3.15. The van der Waals surface area contributed by atoms with E-state index in [0.29, 0.717) is 12.6 Å². The highest BCUT2D eigenvalue weighted by atomic mass is 16.7. The molecule has 3 atom stereocenters. The minimum atomic E-state index is -0.158. The molecular weight excluding hydrogens is 376 g/mol. The van der Waals surface area contributed by atoms with E-state index in [1.54, 1.807) is 5.06 Å². The molecule has 3 N–H and O–H groups in total. The van der Waals surface area contributed by atoms with Crippen LogP contribution in [0.2, 0.25) is 0 Å². The van der Waals surface area contributed by atoms with Crippen molar-refractivity contribution in [3.05, 3.63) is 41.6 Å². The van der Waals surface area contributed by atoms with Crippen LogP contribution in [0.25, 0.3) is 16.5 Å². The van der Waals surface area contributed by atoms with Crippen LogP contribution in [0, 0.1) is 5.92 Å². The standard InChI is InChI=1S/C24H34N4O2/c1-16(2)28(30-11-7-10-26(3)4)24(29)18-12-20-19-8-6-9-21-23(19)17(14-25-21)13-22(20)27(5)15-18/h6,8-9,12,14,16,18,22,25H,7,10-11,13,15H2,1-5H3/p+2/t18-,22-/m1/s1. The number of rotatable bonds is 7. The maximum Gasteiger partial charge on any atom is 0.259 e. The molecule has 1 aliphatic heterocycles. The van der Waals surface area contributed by atoms with E-state index in [0.717, 1.165) is 25.9 Å². The molecule has 30 heavy (non-hydrogen) atoms. The lowest BCUT2D eigenvalue weighted by molar-refractivity contribution is -0.900. The Morgan fingerprint density at radius 3 is 2.90 bits per heavy atom. The quantitative estimate of drug-likeness (QED) is 0.453. The normalized spacial score (nSPS) is 23.0. The van der Waals surface area contributed by atoms with Crippen molar-refractivity contribution in [3.63, 3.8) is 0 Å². The molecule has 2 aromatic rings. The molecule has 1 amide bonds. The van der Waals surface area contributed by atoms with Gasteiger partial charge in [0.15, 0.2) is 0 Å². The van der Waals surface area contributed by atoms with Gasteiger partial charge in [0.1, 0.15) is 12.0 Å². The van der Waals surface area contributed by atoms with Gasteiger partial charge in [-0.3, -0.25) is 9.63 Å². The minimum Gasteiger partial charge on any atom is -0.361 e. The van der Waals surface area contributed by atoms with Gasteiger partial charge in [-0.2, -0.15) is 0 Å². The molecule has 0 saturated heterocycles. The fraction of sp³-hybridized carbons (Fsp3) is 0.542. The Kier molecular flexibility index (Phi) is 6.00. The number of fused-ring (bicyclic) bond motifs is 2. The van der Waals surface area contributed by atoms with Crippen molar-refractivity contribution in [1.82, 2.24) is 10.0 Å². The fourth-order valence-corrected chi connectivity index (χ4v) is 4.96. The second kappa shape index (κ2) is 8.53. The zero-order valence-electron chi connectivity index (χ0n) is 18.9. The zero-order valence-corrected chi connectivity index (χ0v) is 18.9. The van der Waals surface area contributed by atoms with Crippen molar-refractivity contribution in [1.29, 1.82) is 0 Å². The van der Waals surface area contributed by atoms with Crippen LogP contribution < -0.4 is 9.80 Å².